The van der Waals surface area contributed by atoms with Crippen LogP contribution in [-0.2, 0) is 9.59 Å². The Hall–Kier alpha value is -2.73. The van der Waals surface area contributed by atoms with E-state index in [2.05, 4.69) is 21.2 Å². The summed E-state index contributed by atoms with van der Waals surface area (Å²) in [6.07, 6.45) is 1.46. The van der Waals surface area contributed by atoms with Gasteiger partial charge >= 0.3 is 6.03 Å². The standard InChI is InChI=1S/C17H11BrN2O3/c18-12-6-4-5-11(9-12)10-14-15(21)19-17(23)20(16(14)22)13-7-2-1-3-8-13/h1-10H,(H,19,21,23)/b14-10-. The van der Waals surface area contributed by atoms with Gasteiger partial charge in [-0.25, -0.2) is 9.69 Å². The molecule has 1 fully saturated rings. The lowest BCUT2D eigenvalue weighted by Crippen LogP contribution is -2.54. The lowest BCUT2D eigenvalue weighted by Gasteiger charge is -2.26. The molecule has 1 heterocycles. The molecule has 0 aromatic heterocycles. The van der Waals surface area contributed by atoms with Crippen molar-refractivity contribution in [2.45, 2.75) is 0 Å². The van der Waals surface area contributed by atoms with Gasteiger partial charge in [-0.3, -0.25) is 14.9 Å². The molecule has 1 saturated heterocycles. The monoisotopic (exact) mass is 370 g/mol. The number of hydrogen-bond donors (Lipinski definition) is 1. The number of nitrogens with zero attached hydrogens (tertiary/aromatic N) is 1. The first-order valence-corrected chi connectivity index (χ1v) is 7.57. The third-order valence-corrected chi connectivity index (χ3v) is 3.77. The Morgan fingerprint density at radius 2 is 1.70 bits per heavy atom. The molecular weight excluding hydrogens is 360 g/mol. The quantitative estimate of drug-likeness (QED) is 0.652. The van der Waals surface area contributed by atoms with E-state index in [0.717, 1.165) is 9.37 Å². The number of imide groups is 2. The van der Waals surface area contributed by atoms with Gasteiger partial charge in [0.05, 0.1) is 5.69 Å². The Morgan fingerprint density at radius 1 is 0.957 bits per heavy atom. The highest BCUT2D eigenvalue weighted by molar-refractivity contribution is 9.10. The number of halogens is 1. The van der Waals surface area contributed by atoms with Crippen LogP contribution in [0.25, 0.3) is 6.08 Å². The molecule has 0 unspecified atom stereocenters. The molecule has 0 aliphatic carbocycles. The van der Waals surface area contributed by atoms with Crippen molar-refractivity contribution < 1.29 is 14.4 Å². The van der Waals surface area contributed by atoms with E-state index in [1.54, 1.807) is 48.5 Å². The summed E-state index contributed by atoms with van der Waals surface area (Å²) >= 11 is 3.34. The topological polar surface area (TPSA) is 66.5 Å². The van der Waals surface area contributed by atoms with Gasteiger partial charge in [-0.15, -0.1) is 0 Å². The van der Waals surface area contributed by atoms with Crippen molar-refractivity contribution in [1.29, 1.82) is 0 Å². The predicted octanol–water partition coefficient (Wildman–Crippen LogP) is 3.12. The van der Waals surface area contributed by atoms with Gasteiger partial charge in [-0.2, -0.15) is 0 Å². The van der Waals surface area contributed by atoms with E-state index in [1.807, 2.05) is 6.07 Å². The maximum Gasteiger partial charge on any atom is 0.335 e. The van der Waals surface area contributed by atoms with Crippen LogP contribution in [0.3, 0.4) is 0 Å². The lowest BCUT2D eigenvalue weighted by molar-refractivity contribution is -0.122. The summed E-state index contributed by atoms with van der Waals surface area (Å²) in [5.41, 5.74) is 0.995. The molecule has 0 radical (unpaired) electrons. The normalized spacial score (nSPS) is 16.7. The van der Waals surface area contributed by atoms with Crippen LogP contribution in [0, 0.1) is 0 Å². The number of para-hydroxylation sites is 1. The summed E-state index contributed by atoms with van der Waals surface area (Å²) < 4.78 is 0.825. The molecule has 2 aromatic rings. The number of carbonyl (C=O) groups excluding carboxylic acids is 3. The maximum absolute atomic E-state index is 12.6. The van der Waals surface area contributed by atoms with Crippen molar-refractivity contribution in [1.82, 2.24) is 5.32 Å². The average Bonchev–Trinajstić information content (AvgIpc) is 2.52. The first-order chi connectivity index (χ1) is 11.1. The largest absolute Gasteiger partial charge is 0.335 e. The molecule has 0 bridgehead atoms. The van der Waals surface area contributed by atoms with Crippen LogP contribution < -0.4 is 10.2 Å². The summed E-state index contributed by atoms with van der Waals surface area (Å²) in [5.74, 6) is -1.35. The highest BCUT2D eigenvalue weighted by Crippen LogP contribution is 2.22. The predicted molar refractivity (Wildman–Crippen MR) is 89.6 cm³/mol. The molecular formula is C17H11BrN2O3. The van der Waals surface area contributed by atoms with E-state index in [4.69, 9.17) is 0 Å². The minimum absolute atomic E-state index is 0.0912. The van der Waals surface area contributed by atoms with Gasteiger partial charge in [0, 0.05) is 4.47 Å². The van der Waals surface area contributed by atoms with E-state index >= 15 is 0 Å². The molecule has 0 atom stereocenters. The van der Waals surface area contributed by atoms with Crippen LogP contribution in [0.4, 0.5) is 10.5 Å². The molecule has 23 heavy (non-hydrogen) atoms. The molecule has 1 aliphatic heterocycles. The van der Waals surface area contributed by atoms with Crippen LogP contribution in [0.1, 0.15) is 5.56 Å². The Bertz CT molecular complexity index is 831. The van der Waals surface area contributed by atoms with Crippen molar-refractivity contribution >= 4 is 45.5 Å². The van der Waals surface area contributed by atoms with Crippen molar-refractivity contribution in [3.63, 3.8) is 0 Å². The van der Waals surface area contributed by atoms with Crippen LogP contribution in [-0.4, -0.2) is 17.8 Å². The summed E-state index contributed by atoms with van der Waals surface area (Å²) in [7, 11) is 0. The van der Waals surface area contributed by atoms with Crippen molar-refractivity contribution in [2.24, 2.45) is 0 Å². The van der Waals surface area contributed by atoms with Crippen LogP contribution in [0.15, 0.2) is 64.6 Å². The van der Waals surface area contributed by atoms with E-state index < -0.39 is 17.8 Å². The number of anilines is 1. The Balaban J connectivity index is 2.02. The number of barbiturate groups is 1. The minimum Gasteiger partial charge on any atom is -0.273 e. The van der Waals surface area contributed by atoms with Crippen molar-refractivity contribution in [3.05, 3.63) is 70.2 Å². The minimum atomic E-state index is -0.752. The third-order valence-electron chi connectivity index (χ3n) is 3.28. The average molecular weight is 371 g/mol. The highest BCUT2D eigenvalue weighted by atomic mass is 79.9. The second kappa shape index (κ2) is 6.18. The number of benzene rings is 2. The fourth-order valence-electron chi connectivity index (χ4n) is 2.23. The number of amides is 4. The first-order valence-electron chi connectivity index (χ1n) is 6.78. The number of urea groups is 1. The Kier molecular flexibility index (Phi) is 4.08. The first kappa shape index (κ1) is 15.2. The van der Waals surface area contributed by atoms with Crippen LogP contribution >= 0.6 is 15.9 Å². The van der Waals surface area contributed by atoms with Gasteiger partial charge in [-0.1, -0.05) is 46.3 Å². The van der Waals surface area contributed by atoms with Crippen molar-refractivity contribution in [3.8, 4) is 0 Å². The van der Waals surface area contributed by atoms with Crippen LogP contribution in [0.5, 0.6) is 0 Å². The van der Waals surface area contributed by atoms with Gasteiger partial charge in [-0.05, 0) is 35.9 Å². The zero-order valence-electron chi connectivity index (χ0n) is 11.8. The Labute approximate surface area is 140 Å². The molecule has 0 spiro atoms. The Morgan fingerprint density at radius 3 is 2.39 bits per heavy atom. The SMILES string of the molecule is O=C1NC(=O)N(c2ccccc2)C(=O)/C1=C\c1cccc(Br)c1. The third kappa shape index (κ3) is 3.07. The molecule has 3 rings (SSSR count). The summed E-state index contributed by atoms with van der Waals surface area (Å²) in [6.45, 7) is 0. The second-order valence-corrected chi connectivity index (χ2v) is 5.76. The smallest absolute Gasteiger partial charge is 0.273 e. The van der Waals surface area contributed by atoms with E-state index in [1.165, 1.54) is 6.08 Å². The summed E-state index contributed by atoms with van der Waals surface area (Å²) in [4.78, 5) is 37.6. The lowest BCUT2D eigenvalue weighted by atomic mass is 10.1. The van der Waals surface area contributed by atoms with Gasteiger partial charge in [0.25, 0.3) is 11.8 Å². The zero-order chi connectivity index (χ0) is 16.4. The number of carbonyl (C=O) groups is 3. The maximum atomic E-state index is 12.6. The van der Waals surface area contributed by atoms with Crippen LogP contribution in [0.2, 0.25) is 0 Å². The molecule has 1 aliphatic rings. The molecule has 114 valence electrons. The second-order valence-electron chi connectivity index (χ2n) is 4.85. The van der Waals surface area contributed by atoms with Gasteiger partial charge in [0.2, 0.25) is 0 Å². The van der Waals surface area contributed by atoms with E-state index in [-0.39, 0.29) is 5.57 Å². The van der Waals surface area contributed by atoms with E-state index in [9.17, 15) is 14.4 Å². The summed E-state index contributed by atoms with van der Waals surface area (Å²) in [5, 5.41) is 2.19. The molecule has 5 nitrogen and oxygen atoms in total. The van der Waals surface area contributed by atoms with Gasteiger partial charge in [0.1, 0.15) is 5.57 Å². The van der Waals surface area contributed by atoms with Gasteiger partial charge in [0.15, 0.2) is 0 Å². The van der Waals surface area contributed by atoms with Gasteiger partial charge < -0.3 is 0 Å². The fraction of sp³-hybridized carbons (Fsp3) is 0. The summed E-state index contributed by atoms with van der Waals surface area (Å²) in [6, 6.07) is 14.9. The zero-order valence-corrected chi connectivity index (χ0v) is 13.4. The molecule has 6 heteroatoms. The number of nitrogens with one attached hydrogen (secondary N) is 1. The highest BCUT2D eigenvalue weighted by Gasteiger charge is 2.36. The fourth-order valence-corrected chi connectivity index (χ4v) is 2.65. The molecule has 4 amide bonds. The molecule has 2 aromatic carbocycles. The number of hydrogen-bond acceptors (Lipinski definition) is 3. The van der Waals surface area contributed by atoms with E-state index in [0.29, 0.717) is 11.3 Å². The number of rotatable bonds is 2. The molecule has 1 N–H and O–H groups in total. The van der Waals surface area contributed by atoms with Crippen molar-refractivity contribution in [2.75, 3.05) is 4.90 Å². The molecule has 0 saturated carbocycles.